The highest BCUT2D eigenvalue weighted by Crippen LogP contribution is 2.35. The highest BCUT2D eigenvalue weighted by Gasteiger charge is 2.30. The molecule has 9 heteroatoms. The van der Waals surface area contributed by atoms with Crippen LogP contribution in [0.4, 0.5) is 0 Å². The van der Waals surface area contributed by atoms with E-state index in [9.17, 15) is 4.79 Å². The molecule has 0 saturated heterocycles. The van der Waals surface area contributed by atoms with Gasteiger partial charge in [0.1, 0.15) is 10.7 Å². The quantitative estimate of drug-likeness (QED) is 0.740. The van der Waals surface area contributed by atoms with Gasteiger partial charge in [-0.2, -0.15) is 0 Å². The van der Waals surface area contributed by atoms with E-state index in [0.29, 0.717) is 27.6 Å². The van der Waals surface area contributed by atoms with Gasteiger partial charge in [0.05, 0.1) is 17.1 Å². The van der Waals surface area contributed by atoms with Crippen molar-refractivity contribution in [3.63, 3.8) is 0 Å². The van der Waals surface area contributed by atoms with Crippen LogP contribution in [0.5, 0.6) is 0 Å². The first-order valence-corrected chi connectivity index (χ1v) is 9.18. The number of aromatic nitrogens is 5. The fraction of sp³-hybridized carbons (Fsp3) is 0.312. The van der Waals surface area contributed by atoms with Crippen LogP contribution < -0.4 is 5.32 Å². The third-order valence-corrected chi connectivity index (χ3v) is 5.19. The van der Waals surface area contributed by atoms with Crippen molar-refractivity contribution in [1.82, 2.24) is 30.5 Å². The average Bonchev–Trinajstić information content (AvgIpc) is 3.12. The molecule has 1 aliphatic rings. The third-order valence-electron chi connectivity index (χ3n) is 3.99. The summed E-state index contributed by atoms with van der Waals surface area (Å²) in [6.07, 6.45) is 2.15. The summed E-state index contributed by atoms with van der Waals surface area (Å²) in [5, 5.41) is 17.7. The minimum absolute atomic E-state index is 0.257. The lowest BCUT2D eigenvalue weighted by Crippen LogP contribution is -2.29. The first kappa shape index (κ1) is 16.2. The lowest BCUT2D eigenvalue weighted by Gasteiger charge is -2.12. The van der Waals surface area contributed by atoms with Crippen molar-refractivity contribution in [2.75, 3.05) is 0 Å². The molecule has 0 radical (unpaired) electrons. The third kappa shape index (κ3) is 3.27. The van der Waals surface area contributed by atoms with Crippen LogP contribution in [0.3, 0.4) is 0 Å². The summed E-state index contributed by atoms with van der Waals surface area (Å²) in [5.74, 6) is 0.407. The molecule has 0 aliphatic heterocycles. The van der Waals surface area contributed by atoms with Gasteiger partial charge in [-0.3, -0.25) is 4.79 Å². The Kier molecular flexibility index (Phi) is 4.22. The van der Waals surface area contributed by atoms with E-state index >= 15 is 0 Å². The molecule has 2 heterocycles. The molecule has 1 aromatic carbocycles. The standard InChI is InChI=1S/C16H15ClN6OS/c1-9(14-20-21-22-23(14)10-6-7-10)18-15(24)13-8-25-16(19-13)11-4-2-3-5-12(11)17/h2-5,8-10H,6-7H2,1H3,(H,18,24)/t9-/m1/s1. The second-order valence-electron chi connectivity index (χ2n) is 5.93. The van der Waals surface area contributed by atoms with Crippen LogP contribution in [-0.4, -0.2) is 31.1 Å². The number of nitrogens with zero attached hydrogens (tertiary/aromatic N) is 5. The van der Waals surface area contributed by atoms with Gasteiger partial charge in [0, 0.05) is 10.9 Å². The lowest BCUT2D eigenvalue weighted by atomic mass is 10.2. The van der Waals surface area contributed by atoms with Gasteiger partial charge in [-0.05, 0) is 36.3 Å². The number of halogens is 1. The number of carbonyl (C=O) groups is 1. The first-order valence-electron chi connectivity index (χ1n) is 7.92. The van der Waals surface area contributed by atoms with Crippen LogP contribution >= 0.6 is 22.9 Å². The number of hydrogen-bond acceptors (Lipinski definition) is 6. The maximum absolute atomic E-state index is 12.5. The van der Waals surface area contributed by atoms with Crippen LogP contribution in [0.25, 0.3) is 10.6 Å². The smallest absolute Gasteiger partial charge is 0.271 e. The molecule has 1 saturated carbocycles. The van der Waals surface area contributed by atoms with E-state index in [1.54, 1.807) is 16.1 Å². The van der Waals surface area contributed by atoms with Crippen LogP contribution in [-0.2, 0) is 0 Å². The molecule has 4 rings (SSSR count). The van der Waals surface area contributed by atoms with E-state index in [2.05, 4.69) is 25.8 Å². The number of hydrogen-bond donors (Lipinski definition) is 1. The molecule has 1 atom stereocenters. The molecule has 3 aromatic rings. The van der Waals surface area contributed by atoms with E-state index in [-0.39, 0.29) is 11.9 Å². The Hall–Kier alpha value is -2.32. The minimum Gasteiger partial charge on any atom is -0.341 e. The zero-order valence-corrected chi connectivity index (χ0v) is 15.0. The SMILES string of the molecule is C[C@@H](NC(=O)c1csc(-c2ccccc2Cl)n1)c1nnnn1C1CC1. The number of benzene rings is 1. The Morgan fingerprint density at radius 2 is 2.20 bits per heavy atom. The van der Waals surface area contributed by atoms with E-state index in [1.807, 2.05) is 25.1 Å². The first-order chi connectivity index (χ1) is 12.1. The molecule has 1 N–H and O–H groups in total. The molecule has 25 heavy (non-hydrogen) atoms. The van der Waals surface area contributed by atoms with Crippen LogP contribution in [0, 0.1) is 0 Å². The summed E-state index contributed by atoms with van der Waals surface area (Å²) in [6.45, 7) is 1.86. The largest absolute Gasteiger partial charge is 0.341 e. The number of nitrogens with one attached hydrogen (secondary N) is 1. The molecule has 2 aromatic heterocycles. The average molecular weight is 375 g/mol. The van der Waals surface area contributed by atoms with E-state index < -0.39 is 0 Å². The van der Waals surface area contributed by atoms with Gasteiger partial charge in [-0.15, -0.1) is 16.4 Å². The maximum atomic E-state index is 12.5. The van der Waals surface area contributed by atoms with Crippen molar-refractivity contribution in [2.24, 2.45) is 0 Å². The predicted molar refractivity (Wildman–Crippen MR) is 94.5 cm³/mol. The second kappa shape index (κ2) is 6.53. The zero-order chi connectivity index (χ0) is 17.4. The van der Waals surface area contributed by atoms with Crippen molar-refractivity contribution >= 4 is 28.8 Å². The van der Waals surface area contributed by atoms with Crippen molar-refractivity contribution in [3.05, 3.63) is 46.2 Å². The summed E-state index contributed by atoms with van der Waals surface area (Å²) in [4.78, 5) is 16.9. The Balaban J connectivity index is 1.50. The van der Waals surface area contributed by atoms with Crippen molar-refractivity contribution in [1.29, 1.82) is 0 Å². The molecular formula is C16H15ClN6OS. The Bertz CT molecular complexity index is 919. The Morgan fingerprint density at radius 3 is 2.96 bits per heavy atom. The maximum Gasteiger partial charge on any atom is 0.271 e. The normalized spacial score (nSPS) is 15.1. The topological polar surface area (TPSA) is 85.6 Å². The monoisotopic (exact) mass is 374 g/mol. The van der Waals surface area contributed by atoms with Gasteiger partial charge in [0.2, 0.25) is 0 Å². The number of thiazole rings is 1. The van der Waals surface area contributed by atoms with Crippen LogP contribution in [0.15, 0.2) is 29.6 Å². The van der Waals surface area contributed by atoms with Crippen molar-refractivity contribution in [2.45, 2.75) is 31.8 Å². The lowest BCUT2D eigenvalue weighted by molar-refractivity contribution is 0.0933. The molecule has 128 valence electrons. The van der Waals surface area contributed by atoms with Crippen molar-refractivity contribution in [3.8, 4) is 10.6 Å². The molecule has 0 spiro atoms. The van der Waals surface area contributed by atoms with Crippen LogP contribution in [0.1, 0.15) is 48.2 Å². The van der Waals surface area contributed by atoms with Gasteiger partial charge in [-0.25, -0.2) is 9.67 Å². The molecule has 0 bridgehead atoms. The highest BCUT2D eigenvalue weighted by molar-refractivity contribution is 7.13. The minimum atomic E-state index is -0.298. The van der Waals surface area contributed by atoms with E-state index in [0.717, 1.165) is 18.4 Å². The zero-order valence-electron chi connectivity index (χ0n) is 13.4. The fourth-order valence-electron chi connectivity index (χ4n) is 2.54. The van der Waals surface area contributed by atoms with Gasteiger partial charge >= 0.3 is 0 Å². The van der Waals surface area contributed by atoms with Crippen molar-refractivity contribution < 1.29 is 4.79 Å². The summed E-state index contributed by atoms with van der Waals surface area (Å²) in [6, 6.07) is 7.50. The molecule has 1 aliphatic carbocycles. The molecular weight excluding hydrogens is 360 g/mol. The van der Waals surface area contributed by atoms with E-state index in [4.69, 9.17) is 11.6 Å². The fourth-order valence-corrected chi connectivity index (χ4v) is 3.66. The number of tetrazole rings is 1. The molecule has 1 amide bonds. The molecule has 7 nitrogen and oxygen atoms in total. The van der Waals surface area contributed by atoms with Gasteiger partial charge in [0.25, 0.3) is 5.91 Å². The molecule has 1 fully saturated rings. The predicted octanol–water partition coefficient (Wildman–Crippen LogP) is 3.28. The van der Waals surface area contributed by atoms with E-state index in [1.165, 1.54) is 11.3 Å². The van der Waals surface area contributed by atoms with Gasteiger partial charge in [-0.1, -0.05) is 29.8 Å². The highest BCUT2D eigenvalue weighted by atomic mass is 35.5. The van der Waals surface area contributed by atoms with Crippen LogP contribution in [0.2, 0.25) is 5.02 Å². The summed E-state index contributed by atoms with van der Waals surface area (Å²) in [7, 11) is 0. The summed E-state index contributed by atoms with van der Waals surface area (Å²) >= 11 is 7.58. The number of rotatable bonds is 5. The number of amides is 1. The summed E-state index contributed by atoms with van der Waals surface area (Å²) < 4.78 is 1.79. The Labute approximate surface area is 153 Å². The molecule has 0 unspecified atom stereocenters. The van der Waals surface area contributed by atoms with Gasteiger partial charge < -0.3 is 5.32 Å². The summed E-state index contributed by atoms with van der Waals surface area (Å²) in [5.41, 5.74) is 1.18. The Morgan fingerprint density at radius 1 is 1.40 bits per heavy atom. The second-order valence-corrected chi connectivity index (χ2v) is 7.19. The number of carbonyl (C=O) groups excluding carboxylic acids is 1. The van der Waals surface area contributed by atoms with Gasteiger partial charge in [0.15, 0.2) is 5.82 Å².